The predicted octanol–water partition coefficient (Wildman–Crippen LogP) is 8.12. The van der Waals surface area contributed by atoms with Gasteiger partial charge in [-0.15, -0.1) is 0 Å². The second kappa shape index (κ2) is 13.9. The minimum atomic E-state index is -1.74. The number of carbonyl (C=O) groups is 3. The Morgan fingerprint density at radius 2 is 1.40 bits per heavy atom. The Balaban J connectivity index is 1.52. The Labute approximate surface area is 285 Å². The van der Waals surface area contributed by atoms with E-state index in [0.717, 1.165) is 27.8 Å². The van der Waals surface area contributed by atoms with E-state index in [2.05, 4.69) is 10.6 Å². The number of hydrogen-bond acceptors (Lipinski definition) is 5. The number of nitrogens with one attached hydrogen (secondary N) is 2. The number of Topliss-reactive ketones (excluding diaryl/α,β-unsaturated/α-hetero) is 1. The van der Waals surface area contributed by atoms with Crippen LogP contribution in [0.1, 0.15) is 52.6 Å². The number of benzene rings is 4. The number of aliphatic hydroxyl groups is 1. The molecule has 1 aliphatic rings. The summed E-state index contributed by atoms with van der Waals surface area (Å²) in [4.78, 5) is 42.0. The fraction of sp³-hybridized carbons (Fsp3) is 0.289. The molecule has 2 amide bonds. The van der Waals surface area contributed by atoms with E-state index in [0.29, 0.717) is 32.7 Å². The maximum absolute atomic E-state index is 14.2. The van der Waals surface area contributed by atoms with Crippen LogP contribution in [0.3, 0.4) is 0 Å². The van der Waals surface area contributed by atoms with Gasteiger partial charge in [0.1, 0.15) is 24.1 Å². The van der Waals surface area contributed by atoms with Crippen LogP contribution in [0.2, 0.25) is 10.0 Å². The van der Waals surface area contributed by atoms with Crippen molar-refractivity contribution in [2.24, 2.45) is 11.8 Å². The van der Waals surface area contributed by atoms with E-state index < -0.39 is 41.0 Å². The molecule has 4 atom stereocenters. The molecular formula is C38H38Cl2N2O5. The van der Waals surface area contributed by atoms with Crippen molar-refractivity contribution in [2.75, 3.05) is 10.6 Å². The largest absolute Gasteiger partial charge is 0.489 e. The van der Waals surface area contributed by atoms with Crippen molar-refractivity contribution in [3.05, 3.63) is 122 Å². The SMILES string of the molecule is Cc1ccc(C)c(NC(=O)C2C(=O)CC(C)(O)C(C(=O)Nc3cc(C)ccc3C)C2c2ccc(OCc3ccc(Cl)cc3Cl)cc2)c1. The Morgan fingerprint density at radius 1 is 0.830 bits per heavy atom. The van der Waals surface area contributed by atoms with E-state index in [1.165, 1.54) is 6.92 Å². The fourth-order valence-corrected chi connectivity index (χ4v) is 6.70. The van der Waals surface area contributed by atoms with Crippen molar-refractivity contribution >= 4 is 52.2 Å². The van der Waals surface area contributed by atoms with Crippen molar-refractivity contribution in [3.63, 3.8) is 0 Å². The summed E-state index contributed by atoms with van der Waals surface area (Å²) in [6.45, 7) is 9.26. The van der Waals surface area contributed by atoms with Crippen molar-refractivity contribution in [1.29, 1.82) is 0 Å². The third kappa shape index (κ3) is 7.70. The second-order valence-electron chi connectivity index (χ2n) is 12.7. The summed E-state index contributed by atoms with van der Waals surface area (Å²) in [7, 11) is 0. The van der Waals surface area contributed by atoms with Gasteiger partial charge in [-0.25, -0.2) is 0 Å². The van der Waals surface area contributed by atoms with E-state index in [1.54, 1.807) is 42.5 Å². The quantitative estimate of drug-likeness (QED) is 0.164. The van der Waals surface area contributed by atoms with Crippen molar-refractivity contribution < 1.29 is 24.2 Å². The van der Waals surface area contributed by atoms with Gasteiger partial charge < -0.3 is 20.5 Å². The molecule has 0 radical (unpaired) electrons. The summed E-state index contributed by atoms with van der Waals surface area (Å²) in [5.74, 6) is -4.33. The van der Waals surface area contributed by atoms with E-state index in [9.17, 15) is 19.5 Å². The summed E-state index contributed by atoms with van der Waals surface area (Å²) in [6.07, 6.45) is -0.359. The first-order chi connectivity index (χ1) is 22.2. The fourth-order valence-electron chi connectivity index (χ4n) is 6.24. The smallest absolute Gasteiger partial charge is 0.235 e. The highest BCUT2D eigenvalue weighted by Gasteiger charge is 2.56. The first-order valence-corrected chi connectivity index (χ1v) is 16.2. The number of ketones is 1. The molecule has 1 aliphatic carbocycles. The lowest BCUT2D eigenvalue weighted by Gasteiger charge is -2.44. The molecule has 47 heavy (non-hydrogen) atoms. The summed E-state index contributed by atoms with van der Waals surface area (Å²) >= 11 is 12.3. The summed E-state index contributed by atoms with van der Waals surface area (Å²) in [5, 5.41) is 18.7. The lowest BCUT2D eigenvalue weighted by atomic mass is 9.61. The molecule has 0 aromatic heterocycles. The molecule has 0 aliphatic heterocycles. The van der Waals surface area contributed by atoms with Crippen LogP contribution in [-0.2, 0) is 21.0 Å². The van der Waals surface area contributed by atoms with Gasteiger partial charge in [-0.3, -0.25) is 14.4 Å². The first-order valence-electron chi connectivity index (χ1n) is 15.4. The van der Waals surface area contributed by atoms with Crippen LogP contribution in [0.4, 0.5) is 11.4 Å². The highest BCUT2D eigenvalue weighted by molar-refractivity contribution is 6.35. The third-order valence-electron chi connectivity index (χ3n) is 8.81. The highest BCUT2D eigenvalue weighted by Crippen LogP contribution is 2.47. The monoisotopic (exact) mass is 672 g/mol. The molecule has 1 saturated carbocycles. The average Bonchev–Trinajstić information content (AvgIpc) is 2.99. The molecule has 4 unspecified atom stereocenters. The molecule has 0 saturated heterocycles. The van der Waals surface area contributed by atoms with Crippen LogP contribution in [0.15, 0.2) is 78.9 Å². The predicted molar refractivity (Wildman–Crippen MR) is 186 cm³/mol. The zero-order valence-electron chi connectivity index (χ0n) is 27.0. The van der Waals surface area contributed by atoms with Crippen molar-refractivity contribution in [2.45, 2.75) is 59.2 Å². The Morgan fingerprint density at radius 3 is 1.98 bits per heavy atom. The topological polar surface area (TPSA) is 105 Å². The summed E-state index contributed by atoms with van der Waals surface area (Å²) < 4.78 is 5.97. The average molecular weight is 674 g/mol. The standard InChI is InChI=1S/C38H38Cl2N2O5/c1-21-6-8-23(3)30(16-21)41-36(44)34-32(43)19-38(5,46)35(37(45)42-31-17-22(2)7-9-24(31)4)33(34)25-11-14-28(15-12-25)47-20-26-10-13-27(39)18-29(26)40/h6-18,33-35,46H,19-20H2,1-5H3,(H,41,44)(H,42,45). The number of ether oxygens (including phenoxy) is 1. The van der Waals surface area contributed by atoms with Gasteiger partial charge in [0.25, 0.3) is 0 Å². The molecule has 4 aromatic carbocycles. The molecule has 0 heterocycles. The lowest BCUT2D eigenvalue weighted by molar-refractivity contribution is -0.150. The van der Waals surface area contributed by atoms with Gasteiger partial charge >= 0.3 is 0 Å². The highest BCUT2D eigenvalue weighted by atomic mass is 35.5. The number of rotatable bonds is 8. The van der Waals surface area contributed by atoms with Gasteiger partial charge in [0.05, 0.1) is 11.5 Å². The zero-order chi connectivity index (χ0) is 34.0. The number of carbonyl (C=O) groups excluding carboxylic acids is 3. The van der Waals surface area contributed by atoms with E-state index in [1.807, 2.05) is 64.1 Å². The van der Waals surface area contributed by atoms with E-state index >= 15 is 0 Å². The van der Waals surface area contributed by atoms with Gasteiger partial charge in [-0.05, 0) is 98.8 Å². The van der Waals surface area contributed by atoms with Crippen LogP contribution in [0.5, 0.6) is 5.75 Å². The number of halogens is 2. The van der Waals surface area contributed by atoms with Crippen LogP contribution < -0.4 is 15.4 Å². The summed E-state index contributed by atoms with van der Waals surface area (Å²) in [5.41, 5.74) is 4.32. The molecule has 0 spiro atoms. The molecule has 1 fully saturated rings. The second-order valence-corrected chi connectivity index (χ2v) is 13.5. The maximum atomic E-state index is 14.2. The Hall–Kier alpha value is -4.17. The van der Waals surface area contributed by atoms with Crippen molar-refractivity contribution in [3.8, 4) is 5.75 Å². The minimum Gasteiger partial charge on any atom is -0.489 e. The van der Waals surface area contributed by atoms with Gasteiger partial charge in [-0.1, -0.05) is 65.7 Å². The van der Waals surface area contributed by atoms with E-state index in [-0.39, 0.29) is 13.0 Å². The molecule has 0 bridgehead atoms. The normalized spacial score (nSPS) is 20.9. The molecule has 5 rings (SSSR count). The minimum absolute atomic E-state index is 0.188. The van der Waals surface area contributed by atoms with Crippen LogP contribution >= 0.6 is 23.2 Å². The maximum Gasteiger partial charge on any atom is 0.235 e. The van der Waals surface area contributed by atoms with E-state index in [4.69, 9.17) is 27.9 Å². The van der Waals surface area contributed by atoms with Crippen molar-refractivity contribution in [1.82, 2.24) is 0 Å². The molecule has 9 heteroatoms. The van der Waals surface area contributed by atoms with Crippen LogP contribution in [0, 0.1) is 39.5 Å². The zero-order valence-corrected chi connectivity index (χ0v) is 28.5. The molecule has 3 N–H and O–H groups in total. The molecule has 7 nitrogen and oxygen atoms in total. The lowest BCUT2D eigenvalue weighted by Crippen LogP contribution is -2.56. The van der Waals surface area contributed by atoms with Gasteiger partial charge in [0.2, 0.25) is 11.8 Å². The van der Waals surface area contributed by atoms with Crippen LogP contribution in [0.25, 0.3) is 0 Å². The molecular weight excluding hydrogens is 635 g/mol. The van der Waals surface area contributed by atoms with Gasteiger partial charge in [0.15, 0.2) is 0 Å². The number of aryl methyl sites for hydroxylation is 4. The number of hydrogen-bond donors (Lipinski definition) is 3. The number of amides is 2. The van der Waals surface area contributed by atoms with Gasteiger partial charge in [0, 0.05) is 39.3 Å². The summed E-state index contributed by atoms with van der Waals surface area (Å²) in [6, 6.07) is 23.4. The third-order valence-corrected chi connectivity index (χ3v) is 9.40. The molecule has 4 aromatic rings. The Kier molecular flexibility index (Phi) is 10.1. The number of anilines is 2. The first kappa shape index (κ1) is 34.2. The Bertz CT molecular complexity index is 1840. The van der Waals surface area contributed by atoms with Gasteiger partial charge in [-0.2, -0.15) is 0 Å². The van der Waals surface area contributed by atoms with Crippen LogP contribution in [-0.4, -0.2) is 28.3 Å². The molecule has 244 valence electrons.